The zero-order valence-electron chi connectivity index (χ0n) is 16.9. The number of anilines is 1. The molecular formula is C22H24N6O2. The Morgan fingerprint density at radius 2 is 2.07 bits per heavy atom. The number of benzene rings is 1. The first-order valence-corrected chi connectivity index (χ1v) is 10.0. The van der Waals surface area contributed by atoms with E-state index < -0.39 is 0 Å². The van der Waals surface area contributed by atoms with Crippen molar-refractivity contribution < 1.29 is 9.84 Å². The number of hydrogen-bond donors (Lipinski definition) is 1. The number of aromatic nitrogens is 4. The van der Waals surface area contributed by atoms with E-state index >= 15 is 0 Å². The molecule has 0 bridgehead atoms. The van der Waals surface area contributed by atoms with Crippen molar-refractivity contribution in [2.45, 2.75) is 18.8 Å². The molecule has 154 valence electrons. The number of piperidine rings is 1. The Labute approximate surface area is 175 Å². The first kappa shape index (κ1) is 19.9. The van der Waals surface area contributed by atoms with Crippen molar-refractivity contribution in [3.63, 3.8) is 0 Å². The first-order chi connectivity index (χ1) is 14.7. The van der Waals surface area contributed by atoms with Crippen LogP contribution in [0.5, 0.6) is 5.88 Å². The van der Waals surface area contributed by atoms with Gasteiger partial charge in [0.1, 0.15) is 24.8 Å². The summed E-state index contributed by atoms with van der Waals surface area (Å²) in [5, 5.41) is 26.9. The molecule has 3 heterocycles. The van der Waals surface area contributed by atoms with E-state index in [9.17, 15) is 5.26 Å². The van der Waals surface area contributed by atoms with Crippen molar-refractivity contribution in [2.24, 2.45) is 7.05 Å². The third-order valence-corrected chi connectivity index (χ3v) is 5.47. The predicted octanol–water partition coefficient (Wildman–Crippen LogP) is 2.50. The Hall–Kier alpha value is -3.44. The zero-order chi connectivity index (χ0) is 20.9. The molecule has 1 N–H and O–H groups in total. The van der Waals surface area contributed by atoms with Gasteiger partial charge in [-0.3, -0.25) is 0 Å². The second-order valence-corrected chi connectivity index (χ2v) is 7.33. The summed E-state index contributed by atoms with van der Waals surface area (Å²) < 4.78 is 7.34. The normalized spacial score (nSPS) is 14.5. The van der Waals surface area contributed by atoms with E-state index in [-0.39, 0.29) is 13.2 Å². The van der Waals surface area contributed by atoms with Crippen LogP contribution in [0.2, 0.25) is 0 Å². The summed E-state index contributed by atoms with van der Waals surface area (Å²) in [7, 11) is 1.98. The number of ether oxygens (including phenoxy) is 1. The maximum atomic E-state index is 9.74. The van der Waals surface area contributed by atoms with E-state index in [4.69, 9.17) is 9.84 Å². The number of hydrogen-bond acceptors (Lipinski definition) is 7. The lowest BCUT2D eigenvalue weighted by molar-refractivity contribution is 0.196. The van der Waals surface area contributed by atoms with E-state index in [2.05, 4.69) is 26.2 Å². The molecule has 30 heavy (non-hydrogen) atoms. The molecule has 2 aromatic heterocycles. The van der Waals surface area contributed by atoms with E-state index in [1.807, 2.05) is 35.9 Å². The van der Waals surface area contributed by atoms with Crippen LogP contribution >= 0.6 is 0 Å². The topological polar surface area (TPSA) is 100 Å². The summed E-state index contributed by atoms with van der Waals surface area (Å²) in [5.74, 6) is 1.86. The van der Waals surface area contributed by atoms with Crippen molar-refractivity contribution >= 4 is 5.69 Å². The van der Waals surface area contributed by atoms with Gasteiger partial charge >= 0.3 is 0 Å². The van der Waals surface area contributed by atoms with Gasteiger partial charge in [0.05, 0.1) is 17.9 Å². The van der Waals surface area contributed by atoms with E-state index in [0.29, 0.717) is 17.4 Å². The number of aliphatic hydroxyl groups is 1. The maximum absolute atomic E-state index is 9.74. The molecule has 1 aromatic carbocycles. The lowest BCUT2D eigenvalue weighted by Crippen LogP contribution is -2.34. The van der Waals surface area contributed by atoms with Crippen LogP contribution in [0.25, 0.3) is 11.1 Å². The Morgan fingerprint density at radius 3 is 2.70 bits per heavy atom. The molecule has 8 nitrogen and oxygen atoms in total. The highest BCUT2D eigenvalue weighted by atomic mass is 16.5. The molecule has 0 spiro atoms. The molecule has 4 rings (SSSR count). The molecular weight excluding hydrogens is 380 g/mol. The molecule has 0 unspecified atom stereocenters. The molecule has 8 heteroatoms. The van der Waals surface area contributed by atoms with Crippen molar-refractivity contribution in [1.82, 2.24) is 19.7 Å². The van der Waals surface area contributed by atoms with Crippen LogP contribution in [0.1, 0.15) is 30.1 Å². The Morgan fingerprint density at radius 1 is 1.23 bits per heavy atom. The van der Waals surface area contributed by atoms with Crippen LogP contribution in [-0.2, 0) is 7.05 Å². The SMILES string of the molecule is Cn1cnnc1C1CCN(c2c(C#N)cccc2-c2ccc(OCCO)nc2)CC1. The molecule has 1 aliphatic rings. The summed E-state index contributed by atoms with van der Waals surface area (Å²) in [5.41, 5.74) is 3.51. The molecule has 0 amide bonds. The van der Waals surface area contributed by atoms with Crippen LogP contribution in [0.3, 0.4) is 0 Å². The van der Waals surface area contributed by atoms with Crippen molar-refractivity contribution in [2.75, 3.05) is 31.2 Å². The van der Waals surface area contributed by atoms with Crippen molar-refractivity contribution in [3.05, 3.63) is 54.2 Å². The van der Waals surface area contributed by atoms with Gasteiger partial charge in [-0.15, -0.1) is 10.2 Å². The highest BCUT2D eigenvalue weighted by Gasteiger charge is 2.26. The molecule has 0 saturated carbocycles. The first-order valence-electron chi connectivity index (χ1n) is 10.0. The average Bonchev–Trinajstić information content (AvgIpc) is 3.23. The minimum absolute atomic E-state index is 0.0535. The monoisotopic (exact) mass is 404 g/mol. The highest BCUT2D eigenvalue weighted by Crippen LogP contribution is 2.37. The molecule has 1 fully saturated rings. The van der Waals surface area contributed by atoms with Gasteiger partial charge in [0.15, 0.2) is 0 Å². The summed E-state index contributed by atoms with van der Waals surface area (Å²) in [6.45, 7) is 1.84. The number of aryl methyl sites for hydroxylation is 1. The van der Waals surface area contributed by atoms with Crippen LogP contribution in [0.15, 0.2) is 42.9 Å². The Balaban J connectivity index is 1.59. The molecule has 0 atom stereocenters. The molecule has 1 saturated heterocycles. The molecule has 3 aromatic rings. The fourth-order valence-corrected chi connectivity index (χ4v) is 4.01. The van der Waals surface area contributed by atoms with E-state index in [1.54, 1.807) is 18.6 Å². The third-order valence-electron chi connectivity index (χ3n) is 5.47. The lowest BCUT2D eigenvalue weighted by Gasteiger charge is -2.35. The Kier molecular flexibility index (Phi) is 5.91. The third kappa shape index (κ3) is 3.98. The zero-order valence-corrected chi connectivity index (χ0v) is 16.9. The van der Waals surface area contributed by atoms with Crippen LogP contribution in [-0.4, -0.2) is 51.2 Å². The largest absolute Gasteiger partial charge is 0.475 e. The van der Waals surface area contributed by atoms with Crippen LogP contribution < -0.4 is 9.64 Å². The van der Waals surface area contributed by atoms with Gasteiger partial charge in [-0.1, -0.05) is 12.1 Å². The van der Waals surface area contributed by atoms with Crippen molar-refractivity contribution in [3.8, 4) is 23.1 Å². The summed E-state index contributed by atoms with van der Waals surface area (Å²) in [4.78, 5) is 6.63. The number of pyridine rings is 1. The van der Waals surface area contributed by atoms with E-state index in [0.717, 1.165) is 48.6 Å². The van der Waals surface area contributed by atoms with Crippen LogP contribution in [0, 0.1) is 11.3 Å². The number of nitriles is 1. The maximum Gasteiger partial charge on any atom is 0.213 e. The van der Waals surface area contributed by atoms with Crippen molar-refractivity contribution in [1.29, 1.82) is 5.26 Å². The minimum atomic E-state index is -0.0535. The van der Waals surface area contributed by atoms with Gasteiger partial charge in [0.25, 0.3) is 0 Å². The van der Waals surface area contributed by atoms with Gasteiger partial charge in [0.2, 0.25) is 5.88 Å². The predicted molar refractivity (Wildman–Crippen MR) is 112 cm³/mol. The fourth-order valence-electron chi connectivity index (χ4n) is 4.01. The van der Waals surface area contributed by atoms with Gasteiger partial charge < -0.3 is 19.3 Å². The number of nitrogens with zero attached hydrogens (tertiary/aromatic N) is 6. The second-order valence-electron chi connectivity index (χ2n) is 7.33. The lowest BCUT2D eigenvalue weighted by atomic mass is 9.93. The average molecular weight is 404 g/mol. The standard InChI is InChI=1S/C22H24N6O2/c1-27-15-25-26-22(27)16-7-9-28(10-8-16)21-17(13-23)3-2-4-19(21)18-5-6-20(24-14-18)30-12-11-29/h2-6,14-16,29H,7-12H2,1H3. The number of aliphatic hydroxyl groups excluding tert-OH is 1. The number of rotatable bonds is 6. The van der Waals surface area contributed by atoms with E-state index in [1.165, 1.54) is 0 Å². The summed E-state index contributed by atoms with van der Waals surface area (Å²) in [6, 6.07) is 11.9. The van der Waals surface area contributed by atoms with Gasteiger partial charge in [-0.2, -0.15) is 5.26 Å². The highest BCUT2D eigenvalue weighted by molar-refractivity contribution is 5.82. The molecule has 0 aliphatic carbocycles. The van der Waals surface area contributed by atoms with Gasteiger partial charge in [0, 0.05) is 49.4 Å². The molecule has 0 radical (unpaired) electrons. The fraction of sp³-hybridized carbons (Fsp3) is 0.364. The van der Waals surface area contributed by atoms with Gasteiger partial charge in [-0.05, 0) is 25.0 Å². The molecule has 1 aliphatic heterocycles. The van der Waals surface area contributed by atoms with Gasteiger partial charge in [-0.25, -0.2) is 4.98 Å². The second kappa shape index (κ2) is 8.93. The minimum Gasteiger partial charge on any atom is -0.475 e. The summed E-state index contributed by atoms with van der Waals surface area (Å²) in [6.07, 6.45) is 5.40. The quantitative estimate of drug-likeness (QED) is 0.674. The smallest absolute Gasteiger partial charge is 0.213 e. The van der Waals surface area contributed by atoms with Crippen LogP contribution in [0.4, 0.5) is 5.69 Å². The Bertz CT molecular complexity index is 1030. The number of para-hydroxylation sites is 1. The summed E-state index contributed by atoms with van der Waals surface area (Å²) >= 11 is 0.